The first-order chi connectivity index (χ1) is 12.0. The van der Waals surface area contributed by atoms with Crippen molar-refractivity contribution in [2.45, 2.75) is 33.1 Å². The molecule has 0 atom stereocenters. The van der Waals surface area contributed by atoms with E-state index in [2.05, 4.69) is 17.2 Å². The first-order valence-electron chi connectivity index (χ1n) is 8.27. The van der Waals surface area contributed by atoms with E-state index < -0.39 is 0 Å². The summed E-state index contributed by atoms with van der Waals surface area (Å²) in [4.78, 5) is 30.9. The van der Waals surface area contributed by atoms with Crippen LogP contribution in [0, 0.1) is 6.92 Å². The molecule has 0 fully saturated rings. The Kier molecular flexibility index (Phi) is 7.40. The van der Waals surface area contributed by atoms with E-state index in [-0.39, 0.29) is 18.4 Å². The van der Waals surface area contributed by atoms with Gasteiger partial charge in [0.05, 0.1) is 16.3 Å². The molecule has 0 aliphatic rings. The number of aryl methyl sites for hydroxylation is 1. The van der Waals surface area contributed by atoms with Gasteiger partial charge in [0.15, 0.2) is 5.13 Å². The SMILES string of the molecule is CCCCCN(CC(=O)Nc1nc(C)cs1)C(=O)c1ccccc1Cl. The van der Waals surface area contributed by atoms with Crippen molar-refractivity contribution in [1.82, 2.24) is 9.88 Å². The first-order valence-corrected chi connectivity index (χ1v) is 9.52. The maximum absolute atomic E-state index is 12.8. The number of amides is 2. The van der Waals surface area contributed by atoms with Gasteiger partial charge in [0.1, 0.15) is 6.54 Å². The molecule has 1 aromatic carbocycles. The van der Waals surface area contributed by atoms with Gasteiger partial charge in [0.25, 0.3) is 5.91 Å². The van der Waals surface area contributed by atoms with Gasteiger partial charge in [0, 0.05) is 11.9 Å². The monoisotopic (exact) mass is 379 g/mol. The van der Waals surface area contributed by atoms with Crippen LogP contribution in [0.4, 0.5) is 5.13 Å². The van der Waals surface area contributed by atoms with Crippen molar-refractivity contribution in [2.75, 3.05) is 18.4 Å². The third-order valence-corrected chi connectivity index (χ3v) is 4.83. The zero-order valence-electron chi connectivity index (χ0n) is 14.4. The Morgan fingerprint density at radius 3 is 2.68 bits per heavy atom. The number of unbranched alkanes of at least 4 members (excludes halogenated alkanes) is 2. The third kappa shape index (κ3) is 5.83. The second-order valence-corrected chi connectivity index (χ2v) is 7.02. The van der Waals surface area contributed by atoms with Crippen molar-refractivity contribution in [2.24, 2.45) is 0 Å². The molecule has 134 valence electrons. The summed E-state index contributed by atoms with van der Waals surface area (Å²) in [5.41, 5.74) is 1.27. The molecule has 0 spiro atoms. The smallest absolute Gasteiger partial charge is 0.255 e. The van der Waals surface area contributed by atoms with Gasteiger partial charge in [-0.1, -0.05) is 43.5 Å². The Balaban J connectivity index is 2.07. The van der Waals surface area contributed by atoms with E-state index in [1.54, 1.807) is 29.2 Å². The van der Waals surface area contributed by atoms with Gasteiger partial charge in [0.2, 0.25) is 5.91 Å². The van der Waals surface area contributed by atoms with Gasteiger partial charge in [-0.15, -0.1) is 11.3 Å². The quantitative estimate of drug-likeness (QED) is 0.692. The fourth-order valence-corrected chi connectivity index (χ4v) is 3.27. The second-order valence-electron chi connectivity index (χ2n) is 5.76. The lowest BCUT2D eigenvalue weighted by Gasteiger charge is -2.22. The highest BCUT2D eigenvalue weighted by Crippen LogP contribution is 2.18. The van der Waals surface area contributed by atoms with Gasteiger partial charge in [-0.05, 0) is 25.5 Å². The van der Waals surface area contributed by atoms with Crippen LogP contribution in [0.3, 0.4) is 0 Å². The number of nitrogens with zero attached hydrogens (tertiary/aromatic N) is 2. The molecule has 5 nitrogen and oxygen atoms in total. The number of hydrogen-bond acceptors (Lipinski definition) is 4. The molecule has 1 aromatic heterocycles. The minimum absolute atomic E-state index is 0.0214. The topological polar surface area (TPSA) is 62.3 Å². The van der Waals surface area contributed by atoms with Crippen molar-refractivity contribution in [3.8, 4) is 0 Å². The van der Waals surface area contributed by atoms with Crippen LogP contribution in [0.5, 0.6) is 0 Å². The number of benzene rings is 1. The second kappa shape index (κ2) is 9.53. The molecule has 0 unspecified atom stereocenters. The third-order valence-electron chi connectivity index (χ3n) is 3.62. The van der Waals surface area contributed by atoms with Crippen LogP contribution < -0.4 is 5.32 Å². The number of rotatable bonds is 8. The lowest BCUT2D eigenvalue weighted by Crippen LogP contribution is -2.38. The van der Waals surface area contributed by atoms with Crippen LogP contribution in [0.1, 0.15) is 42.2 Å². The molecule has 0 saturated carbocycles. The summed E-state index contributed by atoms with van der Waals surface area (Å²) in [6.45, 7) is 4.45. The lowest BCUT2D eigenvalue weighted by atomic mass is 10.1. The van der Waals surface area contributed by atoms with E-state index >= 15 is 0 Å². The molecule has 2 rings (SSSR count). The molecule has 7 heteroatoms. The standard InChI is InChI=1S/C18H22ClN3O2S/c1-3-4-7-10-22(17(24)14-8-5-6-9-15(14)19)11-16(23)21-18-20-13(2)12-25-18/h5-6,8-9,12H,3-4,7,10-11H2,1-2H3,(H,20,21,23). The number of carbonyl (C=O) groups excluding carboxylic acids is 2. The Morgan fingerprint density at radius 2 is 2.04 bits per heavy atom. The first kappa shape index (κ1) is 19.4. The minimum atomic E-state index is -0.258. The summed E-state index contributed by atoms with van der Waals surface area (Å²) in [5, 5.41) is 5.55. The summed E-state index contributed by atoms with van der Waals surface area (Å²) in [6, 6.07) is 6.90. The van der Waals surface area contributed by atoms with Crippen LogP contribution in [0.15, 0.2) is 29.6 Å². The summed E-state index contributed by atoms with van der Waals surface area (Å²) >= 11 is 7.50. The highest BCUT2D eigenvalue weighted by Gasteiger charge is 2.21. The van der Waals surface area contributed by atoms with Crippen molar-refractivity contribution >= 4 is 39.9 Å². The zero-order chi connectivity index (χ0) is 18.2. The van der Waals surface area contributed by atoms with Gasteiger partial charge in [-0.3, -0.25) is 9.59 Å². The van der Waals surface area contributed by atoms with E-state index in [4.69, 9.17) is 11.6 Å². The predicted octanol–water partition coefficient (Wildman–Crippen LogP) is 4.38. The molecular weight excluding hydrogens is 358 g/mol. The Bertz CT molecular complexity index is 733. The largest absolute Gasteiger partial charge is 0.329 e. The number of carbonyl (C=O) groups is 2. The van der Waals surface area contributed by atoms with E-state index in [0.29, 0.717) is 22.3 Å². The average molecular weight is 380 g/mol. The van der Waals surface area contributed by atoms with Crippen LogP contribution in [-0.2, 0) is 4.79 Å². The molecule has 0 bridgehead atoms. The number of halogens is 1. The van der Waals surface area contributed by atoms with Crippen molar-refractivity contribution in [1.29, 1.82) is 0 Å². The normalized spacial score (nSPS) is 10.5. The van der Waals surface area contributed by atoms with Crippen molar-refractivity contribution < 1.29 is 9.59 Å². The lowest BCUT2D eigenvalue weighted by molar-refractivity contribution is -0.116. The molecule has 25 heavy (non-hydrogen) atoms. The Morgan fingerprint density at radius 1 is 1.28 bits per heavy atom. The molecule has 2 aromatic rings. The summed E-state index contributed by atoms with van der Waals surface area (Å²) < 4.78 is 0. The summed E-state index contributed by atoms with van der Waals surface area (Å²) in [6.07, 6.45) is 2.88. The van der Waals surface area contributed by atoms with Crippen LogP contribution in [0.25, 0.3) is 0 Å². The summed E-state index contributed by atoms with van der Waals surface area (Å²) in [5.74, 6) is -0.488. The molecular formula is C18H22ClN3O2S. The maximum Gasteiger partial charge on any atom is 0.255 e. The van der Waals surface area contributed by atoms with Gasteiger partial charge < -0.3 is 10.2 Å². The number of thiazole rings is 1. The molecule has 1 heterocycles. The Hall–Kier alpha value is -1.92. The average Bonchev–Trinajstić information content (AvgIpc) is 2.98. The summed E-state index contributed by atoms with van der Waals surface area (Å²) in [7, 11) is 0. The number of anilines is 1. The molecule has 0 aliphatic heterocycles. The zero-order valence-corrected chi connectivity index (χ0v) is 16.0. The fraction of sp³-hybridized carbons (Fsp3) is 0.389. The maximum atomic E-state index is 12.8. The Labute approximate surface area is 157 Å². The van der Waals surface area contributed by atoms with Gasteiger partial charge in [-0.25, -0.2) is 4.98 Å². The number of aromatic nitrogens is 1. The molecule has 0 radical (unpaired) electrons. The molecule has 1 N–H and O–H groups in total. The van der Waals surface area contributed by atoms with E-state index in [0.717, 1.165) is 25.0 Å². The molecule has 0 aliphatic carbocycles. The molecule has 2 amide bonds. The van der Waals surface area contributed by atoms with Crippen LogP contribution in [-0.4, -0.2) is 34.8 Å². The molecule has 0 saturated heterocycles. The van der Waals surface area contributed by atoms with E-state index in [1.165, 1.54) is 11.3 Å². The van der Waals surface area contributed by atoms with Crippen LogP contribution >= 0.6 is 22.9 Å². The highest BCUT2D eigenvalue weighted by molar-refractivity contribution is 7.13. The number of nitrogens with one attached hydrogen (secondary N) is 1. The van der Waals surface area contributed by atoms with Gasteiger partial charge in [-0.2, -0.15) is 0 Å². The highest BCUT2D eigenvalue weighted by atomic mass is 35.5. The minimum Gasteiger partial charge on any atom is -0.329 e. The van der Waals surface area contributed by atoms with E-state index in [9.17, 15) is 9.59 Å². The number of hydrogen-bond donors (Lipinski definition) is 1. The fourth-order valence-electron chi connectivity index (χ4n) is 2.35. The van der Waals surface area contributed by atoms with Crippen LogP contribution in [0.2, 0.25) is 5.02 Å². The van der Waals surface area contributed by atoms with E-state index in [1.807, 2.05) is 12.3 Å². The van der Waals surface area contributed by atoms with Crippen molar-refractivity contribution in [3.63, 3.8) is 0 Å². The predicted molar refractivity (Wildman–Crippen MR) is 102 cm³/mol. The van der Waals surface area contributed by atoms with Crippen molar-refractivity contribution in [3.05, 3.63) is 45.9 Å². The van der Waals surface area contributed by atoms with Gasteiger partial charge >= 0.3 is 0 Å².